The number of rotatable bonds is 5. The third kappa shape index (κ3) is 4.91. The van der Waals surface area contributed by atoms with Crippen LogP contribution in [-0.4, -0.2) is 53.9 Å². The fraction of sp³-hybridized carbons (Fsp3) is 0.800. The number of alkyl halides is 3. The van der Waals surface area contributed by atoms with E-state index >= 15 is 0 Å². The second kappa shape index (κ2) is 6.03. The van der Waals surface area contributed by atoms with Crippen molar-refractivity contribution in [3.8, 4) is 0 Å². The predicted octanol–water partition coefficient (Wildman–Crippen LogP) is 1.03. The molecular formula is C10H14F3NO4. The zero-order valence-corrected chi connectivity index (χ0v) is 9.57. The van der Waals surface area contributed by atoms with Gasteiger partial charge in [0.1, 0.15) is 13.2 Å². The van der Waals surface area contributed by atoms with Gasteiger partial charge in [0.05, 0.1) is 6.42 Å². The molecule has 0 aromatic carbocycles. The molecule has 1 rings (SSSR count). The third-order valence-electron chi connectivity index (χ3n) is 2.60. The van der Waals surface area contributed by atoms with Gasteiger partial charge in [0.15, 0.2) is 0 Å². The molecule has 1 aliphatic heterocycles. The molecule has 1 amide bonds. The van der Waals surface area contributed by atoms with E-state index in [0.29, 0.717) is 19.4 Å². The second-order valence-corrected chi connectivity index (χ2v) is 4.09. The molecule has 0 aromatic heterocycles. The van der Waals surface area contributed by atoms with Crippen LogP contribution in [0.3, 0.4) is 0 Å². The fourth-order valence-corrected chi connectivity index (χ4v) is 1.91. The number of halogens is 3. The summed E-state index contributed by atoms with van der Waals surface area (Å²) >= 11 is 0. The number of aliphatic carboxylic acids is 1. The standard InChI is InChI=1S/C10H14F3NO4/c11-10(12,13)6-18-5-8(15)14-3-1-2-7(14)4-9(16)17/h7H,1-6H2,(H,16,17). The van der Waals surface area contributed by atoms with Crippen LogP contribution in [0.5, 0.6) is 0 Å². The summed E-state index contributed by atoms with van der Waals surface area (Å²) in [7, 11) is 0. The molecule has 0 spiro atoms. The van der Waals surface area contributed by atoms with E-state index < -0.39 is 37.3 Å². The monoisotopic (exact) mass is 269 g/mol. The lowest BCUT2D eigenvalue weighted by Crippen LogP contribution is -2.39. The Labute approximate surface area is 102 Å². The number of carboxylic acid groups (broad SMARTS) is 1. The maximum Gasteiger partial charge on any atom is 0.411 e. The normalized spacial score (nSPS) is 20.2. The number of likely N-dealkylation sites (tertiary alicyclic amines) is 1. The van der Waals surface area contributed by atoms with Gasteiger partial charge in [-0.2, -0.15) is 13.2 Å². The summed E-state index contributed by atoms with van der Waals surface area (Å²) in [6.45, 7) is -1.78. The van der Waals surface area contributed by atoms with Crippen molar-refractivity contribution in [1.29, 1.82) is 0 Å². The Balaban J connectivity index is 2.38. The lowest BCUT2D eigenvalue weighted by molar-refractivity contribution is -0.178. The molecule has 0 aromatic rings. The summed E-state index contributed by atoms with van der Waals surface area (Å²) in [5, 5.41) is 8.64. The number of hydrogen-bond donors (Lipinski definition) is 1. The largest absolute Gasteiger partial charge is 0.481 e. The van der Waals surface area contributed by atoms with Crippen molar-refractivity contribution in [3.63, 3.8) is 0 Å². The molecule has 1 unspecified atom stereocenters. The predicted molar refractivity (Wildman–Crippen MR) is 53.9 cm³/mol. The van der Waals surface area contributed by atoms with Crippen molar-refractivity contribution in [2.45, 2.75) is 31.5 Å². The smallest absolute Gasteiger partial charge is 0.411 e. The molecule has 104 valence electrons. The molecule has 1 atom stereocenters. The minimum absolute atomic E-state index is 0.189. The molecule has 1 saturated heterocycles. The minimum Gasteiger partial charge on any atom is -0.481 e. The number of amides is 1. The van der Waals surface area contributed by atoms with Crippen molar-refractivity contribution >= 4 is 11.9 Å². The second-order valence-electron chi connectivity index (χ2n) is 4.09. The molecule has 0 radical (unpaired) electrons. The Morgan fingerprint density at radius 1 is 1.39 bits per heavy atom. The molecule has 1 aliphatic rings. The highest BCUT2D eigenvalue weighted by molar-refractivity contribution is 5.79. The van der Waals surface area contributed by atoms with Gasteiger partial charge in [-0.1, -0.05) is 0 Å². The van der Waals surface area contributed by atoms with Crippen LogP contribution in [-0.2, 0) is 14.3 Å². The van der Waals surface area contributed by atoms with Crippen LogP contribution in [0.1, 0.15) is 19.3 Å². The lowest BCUT2D eigenvalue weighted by Gasteiger charge is -2.23. The van der Waals surface area contributed by atoms with Crippen LogP contribution < -0.4 is 0 Å². The molecule has 0 bridgehead atoms. The number of hydrogen-bond acceptors (Lipinski definition) is 3. The average molecular weight is 269 g/mol. The van der Waals surface area contributed by atoms with Crippen molar-refractivity contribution in [1.82, 2.24) is 4.90 Å². The molecule has 0 aliphatic carbocycles. The van der Waals surface area contributed by atoms with E-state index in [1.807, 2.05) is 0 Å². The molecule has 1 N–H and O–H groups in total. The Morgan fingerprint density at radius 3 is 2.61 bits per heavy atom. The molecule has 5 nitrogen and oxygen atoms in total. The highest BCUT2D eigenvalue weighted by Crippen LogP contribution is 2.20. The van der Waals surface area contributed by atoms with Crippen LogP contribution in [0, 0.1) is 0 Å². The zero-order valence-electron chi connectivity index (χ0n) is 9.57. The first-order valence-electron chi connectivity index (χ1n) is 5.45. The van der Waals surface area contributed by atoms with Crippen LogP contribution in [0.4, 0.5) is 13.2 Å². The Bertz CT molecular complexity index is 319. The van der Waals surface area contributed by atoms with E-state index in [1.165, 1.54) is 4.90 Å². The quantitative estimate of drug-likeness (QED) is 0.809. The number of carboxylic acids is 1. The first kappa shape index (κ1) is 14.7. The summed E-state index contributed by atoms with van der Waals surface area (Å²) in [5.41, 5.74) is 0. The number of ether oxygens (including phenoxy) is 1. The highest BCUT2D eigenvalue weighted by Gasteiger charge is 2.32. The van der Waals surface area contributed by atoms with Gasteiger partial charge >= 0.3 is 12.1 Å². The van der Waals surface area contributed by atoms with Gasteiger partial charge in [0.25, 0.3) is 0 Å². The Hall–Kier alpha value is -1.31. The molecule has 8 heteroatoms. The van der Waals surface area contributed by atoms with Crippen LogP contribution >= 0.6 is 0 Å². The number of nitrogens with zero attached hydrogens (tertiary/aromatic N) is 1. The molecular weight excluding hydrogens is 255 g/mol. The maximum atomic E-state index is 11.8. The Kier molecular flexibility index (Phi) is 4.94. The molecule has 1 heterocycles. The zero-order chi connectivity index (χ0) is 13.8. The Morgan fingerprint density at radius 2 is 2.06 bits per heavy atom. The van der Waals surface area contributed by atoms with Gasteiger partial charge in [0, 0.05) is 12.6 Å². The summed E-state index contributed by atoms with van der Waals surface area (Å²) in [6, 6.07) is -0.440. The van der Waals surface area contributed by atoms with Crippen molar-refractivity contribution in [2.75, 3.05) is 19.8 Å². The maximum absolute atomic E-state index is 11.8. The summed E-state index contributed by atoms with van der Waals surface area (Å²) in [4.78, 5) is 23.4. The molecule has 18 heavy (non-hydrogen) atoms. The van der Waals surface area contributed by atoms with E-state index in [9.17, 15) is 22.8 Å². The topological polar surface area (TPSA) is 66.8 Å². The SMILES string of the molecule is O=C(O)CC1CCCN1C(=O)COCC(F)(F)F. The van der Waals surface area contributed by atoms with E-state index in [2.05, 4.69) is 4.74 Å². The molecule has 0 saturated carbocycles. The van der Waals surface area contributed by atoms with Gasteiger partial charge < -0.3 is 14.7 Å². The van der Waals surface area contributed by atoms with Crippen molar-refractivity contribution in [2.24, 2.45) is 0 Å². The summed E-state index contributed by atoms with van der Waals surface area (Å²) in [6.07, 6.45) is -3.45. The first-order chi connectivity index (χ1) is 8.29. The first-order valence-corrected chi connectivity index (χ1v) is 5.45. The minimum atomic E-state index is -4.47. The van der Waals surface area contributed by atoms with Crippen LogP contribution in [0.15, 0.2) is 0 Å². The van der Waals surface area contributed by atoms with Crippen LogP contribution in [0.2, 0.25) is 0 Å². The lowest BCUT2D eigenvalue weighted by atomic mass is 10.1. The summed E-state index contributed by atoms with van der Waals surface area (Å²) in [5.74, 6) is -1.63. The van der Waals surface area contributed by atoms with Crippen molar-refractivity contribution in [3.05, 3.63) is 0 Å². The van der Waals surface area contributed by atoms with E-state index in [4.69, 9.17) is 5.11 Å². The van der Waals surface area contributed by atoms with E-state index in [1.54, 1.807) is 0 Å². The van der Waals surface area contributed by atoms with Gasteiger partial charge in [-0.15, -0.1) is 0 Å². The number of carbonyl (C=O) groups excluding carboxylic acids is 1. The van der Waals surface area contributed by atoms with Gasteiger partial charge in [-0.25, -0.2) is 0 Å². The van der Waals surface area contributed by atoms with Gasteiger partial charge in [-0.3, -0.25) is 9.59 Å². The number of carbonyl (C=O) groups is 2. The van der Waals surface area contributed by atoms with E-state index in [-0.39, 0.29) is 6.42 Å². The summed E-state index contributed by atoms with van der Waals surface area (Å²) < 4.78 is 39.7. The van der Waals surface area contributed by atoms with E-state index in [0.717, 1.165) is 0 Å². The van der Waals surface area contributed by atoms with Crippen molar-refractivity contribution < 1.29 is 32.6 Å². The van der Waals surface area contributed by atoms with Crippen LogP contribution in [0.25, 0.3) is 0 Å². The average Bonchev–Trinajstić information content (AvgIpc) is 2.62. The third-order valence-corrected chi connectivity index (χ3v) is 2.60. The fourth-order valence-electron chi connectivity index (χ4n) is 1.91. The molecule has 1 fully saturated rings. The van der Waals surface area contributed by atoms with Gasteiger partial charge in [-0.05, 0) is 12.8 Å². The van der Waals surface area contributed by atoms with Gasteiger partial charge in [0.2, 0.25) is 5.91 Å². The highest BCUT2D eigenvalue weighted by atomic mass is 19.4.